The Morgan fingerprint density at radius 2 is 2.39 bits per heavy atom. The molecule has 0 aromatic carbocycles. The highest BCUT2D eigenvalue weighted by atomic mass is 32.1. The van der Waals surface area contributed by atoms with Gasteiger partial charge < -0.3 is 5.32 Å². The molecule has 1 saturated carbocycles. The van der Waals surface area contributed by atoms with Crippen LogP contribution in [-0.4, -0.2) is 24.0 Å². The molecular weight excluding hydrogens is 246 g/mol. The van der Waals surface area contributed by atoms with Gasteiger partial charge in [-0.2, -0.15) is 0 Å². The third-order valence-corrected chi connectivity index (χ3v) is 4.47. The van der Waals surface area contributed by atoms with Gasteiger partial charge in [-0.05, 0) is 32.1 Å². The van der Waals surface area contributed by atoms with E-state index in [0.717, 1.165) is 23.9 Å². The van der Waals surface area contributed by atoms with Crippen molar-refractivity contribution < 1.29 is 4.79 Å². The maximum absolute atomic E-state index is 11.6. The number of aromatic nitrogens is 1. The summed E-state index contributed by atoms with van der Waals surface area (Å²) in [6, 6.07) is 0.141. The molecule has 1 amide bonds. The molecule has 1 heterocycles. The fraction of sp³-hybridized carbons (Fsp3) is 0.692. The predicted molar refractivity (Wildman–Crippen MR) is 73.6 cm³/mol. The van der Waals surface area contributed by atoms with E-state index in [2.05, 4.69) is 22.5 Å². The highest BCUT2D eigenvalue weighted by Gasteiger charge is 2.21. The van der Waals surface area contributed by atoms with Crippen LogP contribution in [0, 0.1) is 5.92 Å². The molecule has 0 aliphatic heterocycles. The lowest BCUT2D eigenvalue weighted by Gasteiger charge is -2.11. The Morgan fingerprint density at radius 1 is 1.61 bits per heavy atom. The minimum atomic E-state index is 0.0843. The molecule has 1 aliphatic rings. The van der Waals surface area contributed by atoms with Crippen LogP contribution in [0.3, 0.4) is 0 Å². The SMILES string of the molecule is CCc1cnc(C(C)NCC(=O)NCC2CC2)s1. The number of nitrogens with zero attached hydrogens (tertiary/aromatic N) is 1. The lowest BCUT2D eigenvalue weighted by atomic mass is 10.3. The fourth-order valence-electron chi connectivity index (χ4n) is 1.66. The van der Waals surface area contributed by atoms with Crippen LogP contribution in [0.5, 0.6) is 0 Å². The molecule has 0 spiro atoms. The minimum Gasteiger partial charge on any atom is -0.355 e. The summed E-state index contributed by atoms with van der Waals surface area (Å²) in [5, 5.41) is 7.22. The van der Waals surface area contributed by atoms with Crippen LogP contribution in [-0.2, 0) is 11.2 Å². The first kappa shape index (κ1) is 13.5. The molecule has 2 rings (SSSR count). The molecule has 1 aromatic rings. The van der Waals surface area contributed by atoms with Gasteiger partial charge in [0, 0.05) is 17.6 Å². The molecule has 0 saturated heterocycles. The van der Waals surface area contributed by atoms with Crippen LogP contribution in [0.1, 0.15) is 42.6 Å². The number of nitrogens with one attached hydrogen (secondary N) is 2. The van der Waals surface area contributed by atoms with E-state index in [9.17, 15) is 4.79 Å². The van der Waals surface area contributed by atoms with Gasteiger partial charge >= 0.3 is 0 Å². The maximum Gasteiger partial charge on any atom is 0.233 e. The molecule has 1 fully saturated rings. The topological polar surface area (TPSA) is 54.0 Å². The molecule has 18 heavy (non-hydrogen) atoms. The van der Waals surface area contributed by atoms with E-state index in [-0.39, 0.29) is 11.9 Å². The zero-order chi connectivity index (χ0) is 13.0. The van der Waals surface area contributed by atoms with Gasteiger partial charge in [0.1, 0.15) is 5.01 Å². The number of hydrogen-bond donors (Lipinski definition) is 2. The van der Waals surface area contributed by atoms with Gasteiger partial charge in [0.25, 0.3) is 0 Å². The van der Waals surface area contributed by atoms with Gasteiger partial charge in [0.15, 0.2) is 0 Å². The molecule has 0 radical (unpaired) electrons. The lowest BCUT2D eigenvalue weighted by Crippen LogP contribution is -2.35. The van der Waals surface area contributed by atoms with E-state index in [4.69, 9.17) is 0 Å². The van der Waals surface area contributed by atoms with E-state index < -0.39 is 0 Å². The number of carbonyl (C=O) groups excluding carboxylic acids is 1. The molecule has 4 nitrogen and oxygen atoms in total. The number of aryl methyl sites for hydroxylation is 1. The van der Waals surface area contributed by atoms with Crippen molar-refractivity contribution in [2.75, 3.05) is 13.1 Å². The predicted octanol–water partition coefficient (Wildman–Crippen LogP) is 1.88. The summed E-state index contributed by atoms with van der Waals surface area (Å²) in [6.07, 6.45) is 5.48. The standard InChI is InChI=1S/C13H21N3OS/c1-3-11-7-16-13(18-11)9(2)14-8-12(17)15-6-10-4-5-10/h7,9-10,14H,3-6,8H2,1-2H3,(H,15,17). The molecule has 100 valence electrons. The molecular formula is C13H21N3OS. The third-order valence-electron chi connectivity index (χ3n) is 3.14. The van der Waals surface area contributed by atoms with Crippen molar-refractivity contribution in [3.8, 4) is 0 Å². The lowest BCUT2D eigenvalue weighted by molar-refractivity contribution is -0.120. The third kappa shape index (κ3) is 4.07. The summed E-state index contributed by atoms with van der Waals surface area (Å²) >= 11 is 1.72. The van der Waals surface area contributed by atoms with Gasteiger partial charge in [-0.1, -0.05) is 6.92 Å². The molecule has 0 bridgehead atoms. The molecule has 2 N–H and O–H groups in total. The van der Waals surface area contributed by atoms with Gasteiger partial charge in [-0.25, -0.2) is 4.98 Å². The first-order valence-corrected chi connectivity index (χ1v) is 7.45. The number of hydrogen-bond acceptors (Lipinski definition) is 4. The molecule has 1 unspecified atom stereocenters. The van der Waals surface area contributed by atoms with E-state index in [1.54, 1.807) is 11.3 Å². The Hall–Kier alpha value is -0.940. The van der Waals surface area contributed by atoms with Crippen molar-refractivity contribution in [2.45, 2.75) is 39.2 Å². The maximum atomic E-state index is 11.6. The largest absolute Gasteiger partial charge is 0.355 e. The van der Waals surface area contributed by atoms with Gasteiger partial charge in [-0.3, -0.25) is 10.1 Å². The number of thiazole rings is 1. The second kappa shape index (κ2) is 6.29. The van der Waals surface area contributed by atoms with Crippen LogP contribution in [0.2, 0.25) is 0 Å². The van der Waals surface area contributed by atoms with E-state index in [1.807, 2.05) is 13.1 Å². The highest BCUT2D eigenvalue weighted by molar-refractivity contribution is 7.11. The quantitative estimate of drug-likeness (QED) is 0.793. The molecule has 1 atom stereocenters. The minimum absolute atomic E-state index is 0.0843. The van der Waals surface area contributed by atoms with Gasteiger partial charge in [-0.15, -0.1) is 11.3 Å². The zero-order valence-electron chi connectivity index (χ0n) is 11.0. The van der Waals surface area contributed by atoms with Gasteiger partial charge in [0.2, 0.25) is 5.91 Å². The van der Waals surface area contributed by atoms with E-state index in [1.165, 1.54) is 17.7 Å². The summed E-state index contributed by atoms with van der Waals surface area (Å²) in [6.45, 7) is 5.38. The Morgan fingerprint density at radius 3 is 3.00 bits per heavy atom. The zero-order valence-corrected chi connectivity index (χ0v) is 11.8. The first-order chi connectivity index (χ1) is 8.69. The Bertz CT molecular complexity index is 401. The summed E-state index contributed by atoms with van der Waals surface area (Å²) in [4.78, 5) is 17.2. The van der Waals surface area contributed by atoms with Crippen LogP contribution in [0.4, 0.5) is 0 Å². The second-order valence-electron chi connectivity index (χ2n) is 4.87. The average molecular weight is 267 g/mol. The van der Waals surface area contributed by atoms with Crippen LogP contribution in [0.15, 0.2) is 6.20 Å². The van der Waals surface area contributed by atoms with Crippen LogP contribution >= 0.6 is 11.3 Å². The van der Waals surface area contributed by atoms with Crippen molar-refractivity contribution in [3.05, 3.63) is 16.1 Å². The monoisotopic (exact) mass is 267 g/mol. The second-order valence-corrected chi connectivity index (χ2v) is 6.02. The highest BCUT2D eigenvalue weighted by Crippen LogP contribution is 2.27. The normalized spacial score (nSPS) is 16.6. The average Bonchev–Trinajstić information content (AvgIpc) is 3.08. The number of amides is 1. The van der Waals surface area contributed by atoms with E-state index >= 15 is 0 Å². The van der Waals surface area contributed by atoms with Crippen molar-refractivity contribution in [1.29, 1.82) is 0 Å². The summed E-state index contributed by atoms with van der Waals surface area (Å²) in [5.41, 5.74) is 0. The van der Waals surface area contributed by atoms with Crippen LogP contribution < -0.4 is 10.6 Å². The van der Waals surface area contributed by atoms with Crippen molar-refractivity contribution in [3.63, 3.8) is 0 Å². The Labute approximate surface area is 112 Å². The summed E-state index contributed by atoms with van der Waals surface area (Å²) < 4.78 is 0. The van der Waals surface area contributed by atoms with E-state index in [0.29, 0.717) is 6.54 Å². The Kier molecular flexibility index (Phi) is 4.72. The smallest absolute Gasteiger partial charge is 0.233 e. The van der Waals surface area contributed by atoms with Crippen molar-refractivity contribution >= 4 is 17.2 Å². The van der Waals surface area contributed by atoms with Gasteiger partial charge in [0.05, 0.1) is 12.6 Å². The molecule has 1 aromatic heterocycles. The number of rotatable bonds is 7. The van der Waals surface area contributed by atoms with Crippen molar-refractivity contribution in [1.82, 2.24) is 15.6 Å². The number of carbonyl (C=O) groups is 1. The summed E-state index contributed by atoms with van der Waals surface area (Å²) in [7, 11) is 0. The summed E-state index contributed by atoms with van der Waals surface area (Å²) in [5.74, 6) is 0.818. The fourth-order valence-corrected chi connectivity index (χ4v) is 2.55. The molecule has 1 aliphatic carbocycles. The Balaban J connectivity index is 1.69. The molecule has 5 heteroatoms. The van der Waals surface area contributed by atoms with Crippen molar-refractivity contribution in [2.24, 2.45) is 5.92 Å². The first-order valence-electron chi connectivity index (χ1n) is 6.63. The van der Waals surface area contributed by atoms with Crippen LogP contribution in [0.25, 0.3) is 0 Å².